The fourth-order valence-corrected chi connectivity index (χ4v) is 4.64. The molecule has 1 aliphatic carbocycles. The van der Waals surface area contributed by atoms with Gasteiger partial charge in [0.15, 0.2) is 9.84 Å². The lowest BCUT2D eigenvalue weighted by atomic mass is 9.95. The molecule has 1 aliphatic rings. The van der Waals surface area contributed by atoms with E-state index in [1.165, 1.54) is 6.26 Å². The van der Waals surface area contributed by atoms with Gasteiger partial charge in [-0.3, -0.25) is 0 Å². The van der Waals surface area contributed by atoms with Crippen molar-refractivity contribution in [1.82, 2.24) is 5.32 Å². The summed E-state index contributed by atoms with van der Waals surface area (Å²) in [5.41, 5.74) is 2.60. The summed E-state index contributed by atoms with van der Waals surface area (Å²) in [7, 11) is -3.18. The summed E-state index contributed by atoms with van der Waals surface area (Å²) < 4.78 is 23.8. The van der Waals surface area contributed by atoms with Crippen molar-refractivity contribution in [2.75, 3.05) is 11.6 Å². The molecule has 7 heteroatoms. The zero-order valence-corrected chi connectivity index (χ0v) is 15.2. The number of nitrogens with one attached hydrogen (secondary N) is 2. The Bertz CT molecular complexity index is 704. The third-order valence-corrected chi connectivity index (χ3v) is 6.38. The maximum atomic E-state index is 12.2. The Morgan fingerprint density at radius 3 is 2.43 bits per heavy atom. The number of halogens is 1. The highest BCUT2D eigenvalue weighted by Gasteiger charge is 2.33. The van der Waals surface area contributed by atoms with Crippen molar-refractivity contribution in [3.8, 4) is 0 Å². The third-order valence-electron chi connectivity index (χ3n) is 4.40. The molecule has 0 saturated heterocycles. The topological polar surface area (TPSA) is 75.3 Å². The molecule has 0 bridgehead atoms. The average Bonchev–Trinajstić information content (AvgIpc) is 2.44. The standard InChI is InChI=1S/C16H23ClN2O3S/c1-10-8-12(17)14(9-11(10)2)19-16(20)18-13-6-4-5-7-15(13)23(3,21)22/h8-9,13,15H,4-7H2,1-3H3,(H2,18,19,20)/t13-,15-/m1/s1. The molecule has 1 saturated carbocycles. The molecule has 1 aromatic carbocycles. The van der Waals surface area contributed by atoms with Gasteiger partial charge in [0, 0.05) is 12.3 Å². The van der Waals surface area contributed by atoms with Crippen molar-refractivity contribution in [3.63, 3.8) is 0 Å². The molecule has 0 unspecified atom stereocenters. The Balaban J connectivity index is 2.08. The van der Waals surface area contributed by atoms with Gasteiger partial charge in [-0.05, 0) is 49.9 Å². The van der Waals surface area contributed by atoms with Gasteiger partial charge in [0.05, 0.1) is 16.0 Å². The molecular weight excluding hydrogens is 336 g/mol. The molecule has 2 atom stereocenters. The molecule has 1 aromatic rings. The molecule has 1 fully saturated rings. The van der Waals surface area contributed by atoms with E-state index in [0.717, 1.165) is 24.0 Å². The van der Waals surface area contributed by atoms with Gasteiger partial charge in [-0.15, -0.1) is 0 Å². The average molecular weight is 359 g/mol. The van der Waals surface area contributed by atoms with E-state index in [0.29, 0.717) is 23.6 Å². The van der Waals surface area contributed by atoms with Gasteiger partial charge < -0.3 is 10.6 Å². The first-order chi connectivity index (χ1) is 10.7. The predicted molar refractivity (Wildman–Crippen MR) is 94.0 cm³/mol. The molecule has 2 rings (SSSR count). The molecule has 0 aromatic heterocycles. The number of aryl methyl sites for hydroxylation is 2. The summed E-state index contributed by atoms with van der Waals surface area (Å²) in [5.74, 6) is 0. The Morgan fingerprint density at radius 2 is 1.78 bits per heavy atom. The van der Waals surface area contributed by atoms with Crippen LogP contribution in [-0.4, -0.2) is 32.0 Å². The zero-order valence-electron chi connectivity index (χ0n) is 13.6. The number of hydrogen-bond donors (Lipinski definition) is 2. The normalized spacial score (nSPS) is 21.7. The van der Waals surface area contributed by atoms with Crippen LogP contribution in [0, 0.1) is 13.8 Å². The van der Waals surface area contributed by atoms with Crippen LogP contribution in [0.4, 0.5) is 10.5 Å². The number of amides is 2. The van der Waals surface area contributed by atoms with Crippen LogP contribution in [0.3, 0.4) is 0 Å². The van der Waals surface area contributed by atoms with Crippen molar-refractivity contribution in [2.45, 2.75) is 50.8 Å². The Morgan fingerprint density at radius 1 is 1.17 bits per heavy atom. The summed E-state index contributed by atoms with van der Waals surface area (Å²) in [5, 5.41) is 5.47. The summed E-state index contributed by atoms with van der Waals surface area (Å²) in [6.07, 6.45) is 4.29. The number of hydrogen-bond acceptors (Lipinski definition) is 3. The second-order valence-electron chi connectivity index (χ2n) is 6.27. The Labute approximate surface area is 142 Å². The minimum absolute atomic E-state index is 0.357. The van der Waals surface area contributed by atoms with Gasteiger partial charge in [-0.2, -0.15) is 0 Å². The van der Waals surface area contributed by atoms with Crippen molar-refractivity contribution in [1.29, 1.82) is 0 Å². The molecule has 5 nitrogen and oxygen atoms in total. The van der Waals surface area contributed by atoms with Gasteiger partial charge in [0.2, 0.25) is 0 Å². The van der Waals surface area contributed by atoms with E-state index in [4.69, 9.17) is 11.6 Å². The van der Waals surface area contributed by atoms with E-state index in [-0.39, 0.29) is 6.04 Å². The molecule has 128 valence electrons. The fraction of sp³-hybridized carbons (Fsp3) is 0.562. The van der Waals surface area contributed by atoms with Crippen molar-refractivity contribution >= 4 is 33.2 Å². The highest BCUT2D eigenvalue weighted by Crippen LogP contribution is 2.27. The fourth-order valence-electron chi connectivity index (χ4n) is 2.98. The van der Waals surface area contributed by atoms with Crippen LogP contribution in [-0.2, 0) is 9.84 Å². The second-order valence-corrected chi connectivity index (χ2v) is 8.95. The number of carbonyl (C=O) groups excluding carboxylic acids is 1. The van der Waals surface area contributed by atoms with Gasteiger partial charge in [-0.1, -0.05) is 24.4 Å². The smallest absolute Gasteiger partial charge is 0.319 e. The maximum Gasteiger partial charge on any atom is 0.319 e. The predicted octanol–water partition coefficient (Wildman–Crippen LogP) is 3.43. The van der Waals surface area contributed by atoms with Crippen LogP contribution in [0.25, 0.3) is 0 Å². The first-order valence-corrected chi connectivity index (χ1v) is 10.0. The SMILES string of the molecule is Cc1cc(Cl)c(NC(=O)N[C@@H]2CCCC[C@H]2S(C)(=O)=O)cc1C. The summed E-state index contributed by atoms with van der Waals surface area (Å²) in [6.45, 7) is 3.89. The van der Waals surface area contributed by atoms with Gasteiger partial charge in [0.25, 0.3) is 0 Å². The lowest BCUT2D eigenvalue weighted by molar-refractivity contribution is 0.244. The minimum Gasteiger partial charge on any atom is -0.334 e. The number of carbonyl (C=O) groups is 1. The largest absolute Gasteiger partial charge is 0.334 e. The van der Waals surface area contributed by atoms with Crippen LogP contribution in [0.2, 0.25) is 5.02 Å². The number of sulfone groups is 1. The van der Waals surface area contributed by atoms with E-state index in [9.17, 15) is 13.2 Å². The third kappa shape index (κ3) is 4.61. The monoisotopic (exact) mass is 358 g/mol. The maximum absolute atomic E-state index is 12.2. The number of benzene rings is 1. The number of anilines is 1. The molecule has 0 spiro atoms. The van der Waals surface area contributed by atoms with Gasteiger partial charge in [-0.25, -0.2) is 13.2 Å². The van der Waals surface area contributed by atoms with Crippen LogP contribution in [0.5, 0.6) is 0 Å². The summed E-state index contributed by atoms with van der Waals surface area (Å²) >= 11 is 6.15. The lowest BCUT2D eigenvalue weighted by Gasteiger charge is -2.30. The van der Waals surface area contributed by atoms with Crippen LogP contribution >= 0.6 is 11.6 Å². The van der Waals surface area contributed by atoms with Crippen LogP contribution < -0.4 is 10.6 Å². The first kappa shape index (κ1) is 18.1. The molecule has 0 radical (unpaired) electrons. The molecule has 2 amide bonds. The second kappa shape index (κ2) is 7.09. The zero-order chi connectivity index (χ0) is 17.2. The Hall–Kier alpha value is -1.27. The van der Waals surface area contributed by atoms with Crippen LogP contribution in [0.1, 0.15) is 36.8 Å². The molecule has 0 aliphatic heterocycles. The molecular formula is C16H23ClN2O3S. The van der Waals surface area contributed by atoms with Crippen molar-refractivity contribution < 1.29 is 13.2 Å². The highest BCUT2D eigenvalue weighted by atomic mass is 35.5. The van der Waals surface area contributed by atoms with E-state index >= 15 is 0 Å². The number of rotatable bonds is 3. The van der Waals surface area contributed by atoms with Crippen molar-refractivity contribution in [3.05, 3.63) is 28.3 Å². The lowest BCUT2D eigenvalue weighted by Crippen LogP contribution is -2.49. The van der Waals surface area contributed by atoms with Crippen molar-refractivity contribution in [2.24, 2.45) is 0 Å². The van der Waals surface area contributed by atoms with Gasteiger partial charge >= 0.3 is 6.03 Å². The highest BCUT2D eigenvalue weighted by molar-refractivity contribution is 7.91. The van der Waals surface area contributed by atoms with E-state index < -0.39 is 21.1 Å². The molecule has 2 N–H and O–H groups in total. The van der Waals surface area contributed by atoms with E-state index in [1.807, 2.05) is 19.9 Å². The first-order valence-electron chi connectivity index (χ1n) is 7.71. The summed E-state index contributed by atoms with van der Waals surface area (Å²) in [6, 6.07) is 2.83. The van der Waals surface area contributed by atoms with Gasteiger partial charge in [0.1, 0.15) is 0 Å². The molecule has 23 heavy (non-hydrogen) atoms. The minimum atomic E-state index is -3.18. The summed E-state index contributed by atoms with van der Waals surface area (Å²) in [4.78, 5) is 12.2. The quantitative estimate of drug-likeness (QED) is 0.869. The van der Waals surface area contributed by atoms with E-state index in [2.05, 4.69) is 10.6 Å². The molecule has 0 heterocycles. The van der Waals surface area contributed by atoms with Crippen LogP contribution in [0.15, 0.2) is 12.1 Å². The Kier molecular flexibility index (Phi) is 5.57. The number of urea groups is 1. The van der Waals surface area contributed by atoms with E-state index in [1.54, 1.807) is 6.07 Å².